The molecule has 52 valence electrons. The standard InChI is InChI=1S/C6H10ClNO/c1-6(9)8(2)5-3-4-7/h3-4H,5H2,1-2H3/b4-3+. The largest absolute Gasteiger partial charge is 0.342 e. The van der Waals surface area contributed by atoms with Crippen LogP contribution in [0.3, 0.4) is 0 Å². The third-order valence-corrected chi connectivity index (χ3v) is 1.18. The highest BCUT2D eigenvalue weighted by atomic mass is 35.5. The molecule has 1 amide bonds. The van der Waals surface area contributed by atoms with Crippen molar-refractivity contribution in [2.45, 2.75) is 6.92 Å². The van der Waals surface area contributed by atoms with Gasteiger partial charge in [0.05, 0.1) is 0 Å². The molecule has 0 bridgehead atoms. The fourth-order valence-corrected chi connectivity index (χ4v) is 0.406. The van der Waals surface area contributed by atoms with Gasteiger partial charge in [-0.2, -0.15) is 0 Å². The first-order valence-corrected chi connectivity index (χ1v) is 3.09. The smallest absolute Gasteiger partial charge is 0.219 e. The number of nitrogens with zero attached hydrogens (tertiary/aromatic N) is 1. The van der Waals surface area contributed by atoms with Gasteiger partial charge in [0.2, 0.25) is 5.91 Å². The van der Waals surface area contributed by atoms with Crippen LogP contribution in [0.1, 0.15) is 6.92 Å². The summed E-state index contributed by atoms with van der Waals surface area (Å²) >= 11 is 5.23. The second-order valence-corrected chi connectivity index (χ2v) is 2.01. The predicted molar refractivity (Wildman–Crippen MR) is 38.3 cm³/mol. The molecule has 0 aromatic rings. The van der Waals surface area contributed by atoms with Crippen molar-refractivity contribution in [2.75, 3.05) is 13.6 Å². The first-order valence-electron chi connectivity index (χ1n) is 2.65. The molecule has 0 saturated heterocycles. The molecule has 0 radical (unpaired) electrons. The molecule has 0 N–H and O–H groups in total. The highest BCUT2D eigenvalue weighted by molar-refractivity contribution is 6.25. The molecule has 0 saturated carbocycles. The van der Waals surface area contributed by atoms with Crippen LogP contribution in [0.2, 0.25) is 0 Å². The first-order chi connectivity index (χ1) is 4.18. The lowest BCUT2D eigenvalue weighted by Gasteiger charge is -2.10. The fraction of sp³-hybridized carbons (Fsp3) is 0.500. The van der Waals surface area contributed by atoms with E-state index in [2.05, 4.69) is 0 Å². The van der Waals surface area contributed by atoms with Crippen LogP contribution in [-0.2, 0) is 4.79 Å². The normalized spacial score (nSPS) is 10.1. The number of halogens is 1. The van der Waals surface area contributed by atoms with E-state index in [-0.39, 0.29) is 5.91 Å². The van der Waals surface area contributed by atoms with E-state index >= 15 is 0 Å². The zero-order valence-corrected chi connectivity index (χ0v) is 6.35. The molecule has 0 atom stereocenters. The minimum absolute atomic E-state index is 0.0461. The third-order valence-electron chi connectivity index (χ3n) is 1.01. The van der Waals surface area contributed by atoms with Crippen molar-refractivity contribution in [3.63, 3.8) is 0 Å². The van der Waals surface area contributed by atoms with E-state index in [1.165, 1.54) is 12.5 Å². The zero-order valence-electron chi connectivity index (χ0n) is 5.60. The van der Waals surface area contributed by atoms with Crippen LogP contribution < -0.4 is 0 Å². The zero-order chi connectivity index (χ0) is 7.28. The Morgan fingerprint density at radius 3 is 2.67 bits per heavy atom. The lowest BCUT2D eigenvalue weighted by Crippen LogP contribution is -2.23. The lowest BCUT2D eigenvalue weighted by atomic mass is 10.5. The Morgan fingerprint density at radius 2 is 2.33 bits per heavy atom. The Morgan fingerprint density at radius 1 is 1.78 bits per heavy atom. The summed E-state index contributed by atoms with van der Waals surface area (Å²) in [5.41, 5.74) is 1.40. The highest BCUT2D eigenvalue weighted by Gasteiger charge is 1.95. The monoisotopic (exact) mass is 147 g/mol. The Hall–Kier alpha value is -0.500. The molecular weight excluding hydrogens is 138 g/mol. The summed E-state index contributed by atoms with van der Waals surface area (Å²) in [6.07, 6.45) is 1.71. The van der Waals surface area contributed by atoms with Crippen molar-refractivity contribution >= 4 is 17.5 Å². The molecule has 0 fully saturated rings. The number of carbonyl (C=O) groups excluding carboxylic acids is 1. The van der Waals surface area contributed by atoms with Crippen LogP contribution in [0.15, 0.2) is 11.6 Å². The van der Waals surface area contributed by atoms with Crippen molar-refractivity contribution in [2.24, 2.45) is 0 Å². The van der Waals surface area contributed by atoms with E-state index in [0.29, 0.717) is 6.54 Å². The molecule has 9 heavy (non-hydrogen) atoms. The number of rotatable bonds is 2. The van der Waals surface area contributed by atoms with Gasteiger partial charge in [-0.05, 0) is 0 Å². The van der Waals surface area contributed by atoms with Gasteiger partial charge < -0.3 is 4.90 Å². The summed E-state index contributed by atoms with van der Waals surface area (Å²) in [4.78, 5) is 12.1. The molecule has 2 nitrogen and oxygen atoms in total. The van der Waals surface area contributed by atoms with Crippen molar-refractivity contribution in [1.82, 2.24) is 4.90 Å². The van der Waals surface area contributed by atoms with E-state index < -0.39 is 0 Å². The minimum Gasteiger partial charge on any atom is -0.342 e. The van der Waals surface area contributed by atoms with E-state index in [0.717, 1.165) is 0 Å². The molecule has 3 heteroatoms. The maximum absolute atomic E-state index is 10.5. The van der Waals surface area contributed by atoms with E-state index in [4.69, 9.17) is 11.6 Å². The first kappa shape index (κ1) is 8.50. The topological polar surface area (TPSA) is 20.3 Å². The molecule has 0 unspecified atom stereocenters. The van der Waals surface area contributed by atoms with Crippen LogP contribution in [-0.4, -0.2) is 24.4 Å². The number of likely N-dealkylation sites (N-methyl/N-ethyl adjacent to an activating group) is 1. The number of carbonyl (C=O) groups is 1. The van der Waals surface area contributed by atoms with Gasteiger partial charge in [-0.25, -0.2) is 0 Å². The SMILES string of the molecule is CC(=O)N(C)C/C=C/Cl. The summed E-state index contributed by atoms with van der Waals surface area (Å²) < 4.78 is 0. The second kappa shape index (κ2) is 4.39. The number of hydrogen-bond donors (Lipinski definition) is 0. The summed E-state index contributed by atoms with van der Waals surface area (Å²) in [5, 5.41) is 0. The molecule has 0 spiro atoms. The summed E-state index contributed by atoms with van der Waals surface area (Å²) in [5.74, 6) is 0.0461. The molecule has 0 aromatic heterocycles. The summed E-state index contributed by atoms with van der Waals surface area (Å²) in [6.45, 7) is 2.10. The molecular formula is C6H10ClNO. The van der Waals surface area contributed by atoms with Crippen molar-refractivity contribution in [1.29, 1.82) is 0 Å². The van der Waals surface area contributed by atoms with Gasteiger partial charge in [-0.1, -0.05) is 17.7 Å². The molecule has 0 heterocycles. The second-order valence-electron chi connectivity index (χ2n) is 1.76. The fourth-order valence-electron chi connectivity index (χ4n) is 0.327. The van der Waals surface area contributed by atoms with Gasteiger partial charge in [0.1, 0.15) is 0 Å². The van der Waals surface area contributed by atoms with Crippen LogP contribution in [0.4, 0.5) is 0 Å². The van der Waals surface area contributed by atoms with Gasteiger partial charge in [-0.15, -0.1) is 0 Å². The predicted octanol–water partition coefficient (Wildman–Crippen LogP) is 1.22. The maximum atomic E-state index is 10.5. The van der Waals surface area contributed by atoms with Gasteiger partial charge >= 0.3 is 0 Å². The molecule has 0 aromatic carbocycles. The highest BCUT2D eigenvalue weighted by Crippen LogP contribution is 1.85. The van der Waals surface area contributed by atoms with Gasteiger partial charge in [-0.3, -0.25) is 4.79 Å². The van der Waals surface area contributed by atoms with Crippen LogP contribution in [0, 0.1) is 0 Å². The van der Waals surface area contributed by atoms with Gasteiger partial charge in [0.15, 0.2) is 0 Å². The van der Waals surface area contributed by atoms with Crippen molar-refractivity contribution < 1.29 is 4.79 Å². The Labute approximate surface area is 60.1 Å². The lowest BCUT2D eigenvalue weighted by molar-refractivity contribution is -0.127. The van der Waals surface area contributed by atoms with Gasteiger partial charge in [0.25, 0.3) is 0 Å². The van der Waals surface area contributed by atoms with Crippen LogP contribution in [0.5, 0.6) is 0 Å². The Balaban J connectivity index is 3.50. The minimum atomic E-state index is 0.0461. The quantitative estimate of drug-likeness (QED) is 0.575. The summed E-state index contributed by atoms with van der Waals surface area (Å²) in [6, 6.07) is 0. The number of amides is 1. The Kier molecular flexibility index (Phi) is 4.14. The maximum Gasteiger partial charge on any atom is 0.219 e. The average molecular weight is 148 g/mol. The van der Waals surface area contributed by atoms with E-state index in [1.807, 2.05) is 0 Å². The average Bonchev–Trinajstić information content (AvgIpc) is 1.82. The third kappa shape index (κ3) is 4.03. The molecule has 0 aliphatic rings. The number of hydrogen-bond acceptors (Lipinski definition) is 1. The van der Waals surface area contributed by atoms with E-state index in [9.17, 15) is 4.79 Å². The van der Waals surface area contributed by atoms with Crippen molar-refractivity contribution in [3.05, 3.63) is 11.6 Å². The van der Waals surface area contributed by atoms with Crippen LogP contribution in [0.25, 0.3) is 0 Å². The molecule has 0 aliphatic carbocycles. The molecule has 0 rings (SSSR count). The molecule has 0 aliphatic heterocycles. The van der Waals surface area contributed by atoms with Crippen molar-refractivity contribution in [3.8, 4) is 0 Å². The van der Waals surface area contributed by atoms with Crippen LogP contribution >= 0.6 is 11.6 Å². The Bertz CT molecular complexity index is 122. The van der Waals surface area contributed by atoms with Gasteiger partial charge in [0, 0.05) is 26.1 Å². The van der Waals surface area contributed by atoms with E-state index in [1.54, 1.807) is 18.0 Å². The summed E-state index contributed by atoms with van der Waals surface area (Å²) in [7, 11) is 1.72.